The lowest BCUT2D eigenvalue weighted by Gasteiger charge is -2.22. The van der Waals surface area contributed by atoms with E-state index < -0.39 is 5.97 Å². The molecule has 6 nitrogen and oxygen atoms in total. The molecule has 1 fully saturated rings. The maximum absolute atomic E-state index is 11.8. The highest BCUT2D eigenvalue weighted by molar-refractivity contribution is 5.92. The molecular formula is C13H17N3O3. The maximum Gasteiger partial charge on any atom is 0.335 e. The van der Waals surface area contributed by atoms with Crippen molar-refractivity contribution >= 4 is 17.8 Å². The minimum Gasteiger partial charge on any atom is -0.478 e. The Hall–Kier alpha value is -2.11. The second kappa shape index (κ2) is 6.17. The van der Waals surface area contributed by atoms with E-state index in [9.17, 15) is 9.59 Å². The number of nitrogens with one attached hydrogen (secondary N) is 2. The molecule has 0 aliphatic heterocycles. The minimum atomic E-state index is -1.04. The van der Waals surface area contributed by atoms with Crippen molar-refractivity contribution in [2.24, 2.45) is 0 Å². The third-order valence-electron chi connectivity index (χ3n) is 3.19. The zero-order valence-electron chi connectivity index (χ0n) is 10.6. The Bertz CT molecular complexity index is 470. The van der Waals surface area contributed by atoms with Crippen LogP contribution in [-0.2, 0) is 0 Å². The molecule has 6 heteroatoms. The van der Waals surface area contributed by atoms with Crippen molar-refractivity contribution in [3.8, 4) is 0 Å². The van der Waals surface area contributed by atoms with Gasteiger partial charge in [0.1, 0.15) is 5.82 Å². The van der Waals surface area contributed by atoms with Gasteiger partial charge in [0.25, 0.3) is 0 Å². The van der Waals surface area contributed by atoms with E-state index >= 15 is 0 Å². The Morgan fingerprint density at radius 3 is 2.68 bits per heavy atom. The van der Waals surface area contributed by atoms with Gasteiger partial charge < -0.3 is 10.4 Å². The Kier molecular flexibility index (Phi) is 4.33. The zero-order chi connectivity index (χ0) is 13.7. The van der Waals surface area contributed by atoms with Crippen molar-refractivity contribution in [2.75, 3.05) is 5.32 Å². The number of aromatic carboxylic acids is 1. The number of urea groups is 1. The number of rotatable bonds is 3. The molecule has 1 saturated carbocycles. The smallest absolute Gasteiger partial charge is 0.335 e. The maximum atomic E-state index is 11.8. The van der Waals surface area contributed by atoms with E-state index in [2.05, 4.69) is 15.6 Å². The highest BCUT2D eigenvalue weighted by Gasteiger charge is 2.16. The molecule has 0 saturated heterocycles. The van der Waals surface area contributed by atoms with Gasteiger partial charge in [-0.05, 0) is 25.0 Å². The molecular weight excluding hydrogens is 246 g/mol. The number of carboxylic acid groups (broad SMARTS) is 1. The van der Waals surface area contributed by atoms with E-state index in [4.69, 9.17) is 5.11 Å². The fourth-order valence-electron chi connectivity index (χ4n) is 2.22. The summed E-state index contributed by atoms with van der Waals surface area (Å²) in [6.07, 6.45) is 6.85. The summed E-state index contributed by atoms with van der Waals surface area (Å²) in [5.74, 6) is -0.800. The van der Waals surface area contributed by atoms with Crippen molar-refractivity contribution in [2.45, 2.75) is 38.1 Å². The number of hydrogen-bond acceptors (Lipinski definition) is 3. The summed E-state index contributed by atoms with van der Waals surface area (Å²) in [5.41, 5.74) is 0.1000. The standard InChI is InChI=1S/C13H17N3O3/c17-12(18)9-6-7-14-11(8-9)16-13(19)15-10-4-2-1-3-5-10/h6-8,10H,1-5H2,(H,17,18)(H2,14,15,16,19). The molecule has 2 amide bonds. The van der Waals surface area contributed by atoms with Crippen LogP contribution < -0.4 is 10.6 Å². The summed E-state index contributed by atoms with van der Waals surface area (Å²) < 4.78 is 0. The topological polar surface area (TPSA) is 91.3 Å². The number of hydrogen-bond donors (Lipinski definition) is 3. The normalized spacial score (nSPS) is 15.8. The first kappa shape index (κ1) is 13.3. The van der Waals surface area contributed by atoms with E-state index in [1.54, 1.807) is 0 Å². The van der Waals surface area contributed by atoms with Crippen molar-refractivity contribution in [1.82, 2.24) is 10.3 Å². The average Bonchev–Trinajstić information content (AvgIpc) is 2.40. The van der Waals surface area contributed by atoms with Crippen LogP contribution >= 0.6 is 0 Å². The van der Waals surface area contributed by atoms with Gasteiger partial charge in [-0.15, -0.1) is 0 Å². The number of carbonyl (C=O) groups excluding carboxylic acids is 1. The third kappa shape index (κ3) is 3.94. The first-order valence-corrected chi connectivity index (χ1v) is 6.42. The van der Waals surface area contributed by atoms with E-state index in [0.717, 1.165) is 25.7 Å². The van der Waals surface area contributed by atoms with Crippen molar-refractivity contribution in [3.63, 3.8) is 0 Å². The molecule has 1 heterocycles. The largest absolute Gasteiger partial charge is 0.478 e. The molecule has 0 spiro atoms. The molecule has 3 N–H and O–H groups in total. The van der Waals surface area contributed by atoms with E-state index in [1.807, 2.05) is 0 Å². The molecule has 0 atom stereocenters. The Morgan fingerprint density at radius 2 is 2.00 bits per heavy atom. The Morgan fingerprint density at radius 1 is 1.26 bits per heavy atom. The summed E-state index contributed by atoms with van der Waals surface area (Å²) in [5, 5.41) is 14.3. The predicted octanol–water partition coefficient (Wildman–Crippen LogP) is 2.23. The van der Waals surface area contributed by atoms with E-state index in [-0.39, 0.29) is 23.5 Å². The molecule has 0 unspecified atom stereocenters. The lowest BCUT2D eigenvalue weighted by Crippen LogP contribution is -2.39. The summed E-state index contributed by atoms with van der Waals surface area (Å²) in [6.45, 7) is 0. The summed E-state index contributed by atoms with van der Waals surface area (Å²) >= 11 is 0. The third-order valence-corrected chi connectivity index (χ3v) is 3.19. The van der Waals surface area contributed by atoms with Crippen molar-refractivity contribution in [1.29, 1.82) is 0 Å². The quantitative estimate of drug-likeness (QED) is 0.779. The number of pyridine rings is 1. The van der Waals surface area contributed by atoms with Gasteiger partial charge in [-0.25, -0.2) is 14.6 Å². The summed E-state index contributed by atoms with van der Waals surface area (Å²) in [4.78, 5) is 26.5. The number of carbonyl (C=O) groups is 2. The minimum absolute atomic E-state index is 0.1000. The highest BCUT2D eigenvalue weighted by Crippen LogP contribution is 2.17. The van der Waals surface area contributed by atoms with Crippen LogP contribution in [0.1, 0.15) is 42.5 Å². The van der Waals surface area contributed by atoms with Crippen molar-refractivity contribution in [3.05, 3.63) is 23.9 Å². The van der Waals surface area contributed by atoms with Gasteiger partial charge in [0.15, 0.2) is 0 Å². The summed E-state index contributed by atoms with van der Waals surface area (Å²) in [7, 11) is 0. The van der Waals surface area contributed by atoms with Gasteiger partial charge >= 0.3 is 12.0 Å². The second-order valence-corrected chi connectivity index (χ2v) is 4.67. The van der Waals surface area contributed by atoms with E-state index in [0.29, 0.717) is 0 Å². The van der Waals surface area contributed by atoms with E-state index in [1.165, 1.54) is 24.8 Å². The number of nitrogens with zero attached hydrogens (tertiary/aromatic N) is 1. The van der Waals surface area contributed by atoms with Crippen LogP contribution in [0.25, 0.3) is 0 Å². The zero-order valence-corrected chi connectivity index (χ0v) is 10.6. The SMILES string of the molecule is O=C(Nc1cc(C(=O)O)ccn1)NC1CCCCC1. The van der Waals surface area contributed by atoms with Gasteiger partial charge in [0.2, 0.25) is 0 Å². The van der Waals surface area contributed by atoms with Gasteiger partial charge in [-0.3, -0.25) is 5.32 Å². The molecule has 102 valence electrons. The fraction of sp³-hybridized carbons (Fsp3) is 0.462. The molecule has 19 heavy (non-hydrogen) atoms. The van der Waals surface area contributed by atoms with Crippen LogP contribution in [0, 0.1) is 0 Å². The van der Waals surface area contributed by atoms with Crippen LogP contribution in [0.3, 0.4) is 0 Å². The monoisotopic (exact) mass is 263 g/mol. The molecule has 1 aromatic rings. The molecule has 1 aromatic heterocycles. The van der Waals surface area contributed by atoms with Crippen LogP contribution in [-0.4, -0.2) is 28.1 Å². The first-order chi connectivity index (χ1) is 9.15. The number of amides is 2. The van der Waals surface area contributed by atoms with Crippen molar-refractivity contribution < 1.29 is 14.7 Å². The molecule has 1 aliphatic carbocycles. The van der Waals surface area contributed by atoms with Gasteiger partial charge in [0, 0.05) is 12.2 Å². The first-order valence-electron chi connectivity index (χ1n) is 6.42. The second-order valence-electron chi connectivity index (χ2n) is 4.67. The van der Waals surface area contributed by atoms with Crippen LogP contribution in [0.4, 0.5) is 10.6 Å². The lowest BCUT2D eigenvalue weighted by molar-refractivity contribution is 0.0696. The Labute approximate surface area is 111 Å². The molecule has 0 radical (unpaired) electrons. The number of anilines is 1. The number of aromatic nitrogens is 1. The molecule has 0 aromatic carbocycles. The number of carboxylic acids is 1. The van der Waals surface area contributed by atoms with Gasteiger partial charge in [-0.1, -0.05) is 19.3 Å². The van der Waals surface area contributed by atoms with Gasteiger partial charge in [0.05, 0.1) is 5.56 Å². The predicted molar refractivity (Wildman–Crippen MR) is 70.2 cm³/mol. The van der Waals surface area contributed by atoms with Crippen LogP contribution in [0.15, 0.2) is 18.3 Å². The molecule has 1 aliphatic rings. The summed E-state index contributed by atoms with van der Waals surface area (Å²) in [6, 6.07) is 2.59. The fourth-order valence-corrected chi connectivity index (χ4v) is 2.22. The lowest BCUT2D eigenvalue weighted by atomic mass is 9.96. The van der Waals surface area contributed by atoms with Gasteiger partial charge in [-0.2, -0.15) is 0 Å². The van der Waals surface area contributed by atoms with Crippen LogP contribution in [0.2, 0.25) is 0 Å². The highest BCUT2D eigenvalue weighted by atomic mass is 16.4. The Balaban J connectivity index is 1.90. The average molecular weight is 263 g/mol. The molecule has 0 bridgehead atoms. The molecule has 2 rings (SSSR count). The van der Waals surface area contributed by atoms with Crippen LogP contribution in [0.5, 0.6) is 0 Å².